The Balaban J connectivity index is 1.47. The van der Waals surface area contributed by atoms with Gasteiger partial charge >= 0.3 is 19.7 Å². The molecule has 4 atom stereocenters. The Hall–Kier alpha value is -3.44. The van der Waals surface area contributed by atoms with Gasteiger partial charge in [0.1, 0.15) is 22.7 Å². The molecule has 2 unspecified atom stereocenters. The van der Waals surface area contributed by atoms with Gasteiger partial charge < -0.3 is 29.9 Å². The van der Waals surface area contributed by atoms with Crippen LogP contribution in [0.15, 0.2) is 40.7 Å². The number of aromatic amines is 1. The number of ether oxygens (including phenoxy) is 1. The van der Waals surface area contributed by atoms with Crippen molar-refractivity contribution in [3.05, 3.63) is 46.7 Å². The third kappa shape index (κ3) is 8.85. The topological polar surface area (TPSA) is 226 Å². The smallest absolute Gasteiger partial charge is 0.407 e. The Morgan fingerprint density at radius 1 is 1.27 bits per heavy atom. The van der Waals surface area contributed by atoms with Crippen LogP contribution in [0.1, 0.15) is 38.8 Å². The fraction of sp³-hybridized carbons (Fsp3) is 0.500. The number of β-lactam (4-membered cyclic amide) rings is 1. The number of hydrogen-bond donors (Lipinski definition) is 5. The lowest BCUT2D eigenvalue weighted by Gasteiger charge is -2.50. The second kappa shape index (κ2) is 14.3. The van der Waals surface area contributed by atoms with E-state index in [0.717, 1.165) is 16.7 Å². The number of carboxylic acids is 1. The molecule has 1 aromatic carbocycles. The molecule has 0 saturated carbocycles. The zero-order valence-corrected chi connectivity index (χ0v) is 27.4. The highest BCUT2D eigenvalue weighted by atomic mass is 32.2. The number of amides is 3. The molecule has 1 saturated heterocycles. The number of fused-ring (bicyclic) bond motifs is 1. The molecule has 2 aliphatic rings. The van der Waals surface area contributed by atoms with Crippen molar-refractivity contribution in [2.45, 2.75) is 68.1 Å². The van der Waals surface area contributed by atoms with Gasteiger partial charge in [0, 0.05) is 17.5 Å². The van der Waals surface area contributed by atoms with E-state index in [4.69, 9.17) is 9.26 Å². The van der Waals surface area contributed by atoms with Gasteiger partial charge in [-0.15, -0.1) is 22.0 Å². The minimum atomic E-state index is -4.15. The molecule has 1 fully saturated rings. The van der Waals surface area contributed by atoms with Crippen LogP contribution < -0.4 is 10.6 Å². The number of rotatable bonds is 13. The molecule has 0 radical (unpaired) electrons. The van der Waals surface area contributed by atoms with Crippen LogP contribution in [0.5, 0.6) is 0 Å². The summed E-state index contributed by atoms with van der Waals surface area (Å²) in [5.74, 6) is -2.41. The predicted molar refractivity (Wildman–Crippen MR) is 163 cm³/mol. The summed E-state index contributed by atoms with van der Waals surface area (Å²) in [7, 11) is -4.15. The molecule has 3 amide bonds. The standard InChI is InChI=1S/C26H34N7O9PS2/c1-5-41-43(39,40)12-17(45-24-29-31-32-30-24)16-13-44-22-19(21(35)33(22)20(16)23(36)37)28-18(34)10-14-8-6-7-9-15(14)11-27-25(38)42-26(2,3)4/h6-9,17,19,22H,5,10-13H2,1-4H3,(H,27,38)(H,28,34)(H,36,37)(H,39,40)(H,29,30,31,32)/t17?,19-,22+/m1/s1. The van der Waals surface area contributed by atoms with Gasteiger partial charge in [0.15, 0.2) is 0 Å². The summed E-state index contributed by atoms with van der Waals surface area (Å²) < 4.78 is 23.0. The van der Waals surface area contributed by atoms with E-state index in [9.17, 15) is 33.7 Å². The molecule has 4 rings (SSSR count). The highest BCUT2D eigenvalue weighted by molar-refractivity contribution is 8.01. The lowest BCUT2D eigenvalue weighted by molar-refractivity contribution is -0.150. The molecule has 16 nitrogen and oxygen atoms in total. The average molecular weight is 684 g/mol. The van der Waals surface area contributed by atoms with Crippen molar-refractivity contribution in [1.82, 2.24) is 36.2 Å². The fourth-order valence-electron chi connectivity index (χ4n) is 4.68. The summed E-state index contributed by atoms with van der Waals surface area (Å²) >= 11 is 2.14. The molecule has 2 aliphatic heterocycles. The molecule has 0 bridgehead atoms. The Morgan fingerprint density at radius 2 is 1.98 bits per heavy atom. The number of carbonyl (C=O) groups excluding carboxylic acids is 3. The summed E-state index contributed by atoms with van der Waals surface area (Å²) in [6.07, 6.45) is -1.15. The van der Waals surface area contributed by atoms with Gasteiger partial charge in [-0.05, 0) is 49.6 Å². The van der Waals surface area contributed by atoms with E-state index in [0.29, 0.717) is 11.1 Å². The number of nitrogens with zero attached hydrogens (tertiary/aromatic N) is 4. The molecule has 5 N–H and O–H groups in total. The van der Waals surface area contributed by atoms with Crippen LogP contribution in [0.3, 0.4) is 0 Å². The van der Waals surface area contributed by atoms with E-state index in [1.54, 1.807) is 52.0 Å². The molecule has 0 spiro atoms. The van der Waals surface area contributed by atoms with Crippen molar-refractivity contribution in [3.63, 3.8) is 0 Å². The van der Waals surface area contributed by atoms with E-state index in [1.807, 2.05) is 0 Å². The number of nitrogens with one attached hydrogen (secondary N) is 3. The van der Waals surface area contributed by atoms with Gasteiger partial charge in [-0.1, -0.05) is 36.0 Å². The largest absolute Gasteiger partial charge is 0.477 e. The highest BCUT2D eigenvalue weighted by Crippen LogP contribution is 2.50. The van der Waals surface area contributed by atoms with E-state index >= 15 is 0 Å². The Bertz CT molecular complexity index is 1520. The summed E-state index contributed by atoms with van der Waals surface area (Å²) in [6, 6.07) is 6.03. The first-order valence-corrected chi connectivity index (χ1v) is 17.5. The van der Waals surface area contributed by atoms with E-state index < -0.39 is 59.9 Å². The molecular formula is C26H34N7O9PS2. The maximum absolute atomic E-state index is 13.3. The monoisotopic (exact) mass is 683 g/mol. The number of carbonyl (C=O) groups is 4. The van der Waals surface area contributed by atoms with Crippen molar-refractivity contribution in [2.75, 3.05) is 18.5 Å². The van der Waals surface area contributed by atoms with Crippen molar-refractivity contribution >= 4 is 55.0 Å². The first kappa shape index (κ1) is 34.4. The number of carboxylic acid groups (broad SMARTS) is 1. The average Bonchev–Trinajstić information content (AvgIpc) is 3.46. The quantitative estimate of drug-likeness (QED) is 0.115. The van der Waals surface area contributed by atoms with E-state index in [1.165, 1.54) is 11.8 Å². The van der Waals surface area contributed by atoms with Gasteiger partial charge in [0.05, 0.1) is 19.2 Å². The zero-order valence-electron chi connectivity index (χ0n) is 24.9. The molecule has 244 valence electrons. The molecule has 45 heavy (non-hydrogen) atoms. The highest BCUT2D eigenvalue weighted by Gasteiger charge is 2.55. The summed E-state index contributed by atoms with van der Waals surface area (Å²) in [4.78, 5) is 62.4. The maximum atomic E-state index is 13.3. The van der Waals surface area contributed by atoms with E-state index in [-0.39, 0.29) is 41.8 Å². The minimum Gasteiger partial charge on any atom is -0.477 e. The third-order valence-corrected chi connectivity index (χ3v) is 10.7. The lowest BCUT2D eigenvalue weighted by Crippen LogP contribution is -2.70. The number of benzene rings is 1. The normalized spacial score (nSPS) is 20.0. The van der Waals surface area contributed by atoms with E-state index in [2.05, 4.69) is 31.3 Å². The number of thioether (sulfide) groups is 2. The molecule has 2 aromatic rings. The van der Waals surface area contributed by atoms with Crippen molar-refractivity contribution in [1.29, 1.82) is 0 Å². The first-order valence-electron chi connectivity index (χ1n) is 13.8. The van der Waals surface area contributed by atoms with Crippen LogP contribution in [-0.4, -0.2) is 100 Å². The minimum absolute atomic E-state index is 0.0360. The van der Waals surface area contributed by atoms with Gasteiger partial charge in [-0.25, -0.2) is 9.59 Å². The third-order valence-electron chi connectivity index (χ3n) is 6.50. The molecule has 3 heterocycles. The number of H-pyrrole nitrogens is 1. The SMILES string of the molecule is CCOP(=O)(O)CC(Sc1nn[nH]n1)C1=C(C(=O)O)N2C(=O)[C@@H](NC(=O)Cc3ccccc3CNC(=O)OC(C)(C)C)[C@@H]2SC1. The van der Waals surface area contributed by atoms with Gasteiger partial charge in [0.2, 0.25) is 11.1 Å². The summed E-state index contributed by atoms with van der Waals surface area (Å²) in [5, 5.41) is 27.5. The molecule has 1 aromatic heterocycles. The maximum Gasteiger partial charge on any atom is 0.407 e. The first-order chi connectivity index (χ1) is 21.2. The lowest BCUT2D eigenvalue weighted by atomic mass is 10.0. The molecule has 19 heteroatoms. The van der Waals surface area contributed by atoms with Crippen LogP contribution >= 0.6 is 31.1 Å². The second-order valence-electron chi connectivity index (χ2n) is 11.0. The number of tetrazole rings is 1. The van der Waals surface area contributed by atoms with Crippen molar-refractivity contribution in [2.24, 2.45) is 0 Å². The van der Waals surface area contributed by atoms with Crippen molar-refractivity contribution in [3.8, 4) is 0 Å². The number of alkyl carbamates (subject to hydrolysis) is 1. The van der Waals surface area contributed by atoms with Gasteiger partial charge in [-0.3, -0.25) is 19.1 Å². The Labute approximate surface area is 267 Å². The Kier molecular flexibility index (Phi) is 11.0. The summed E-state index contributed by atoms with van der Waals surface area (Å²) in [6.45, 7) is 6.88. The molecular weight excluding hydrogens is 649 g/mol. The van der Waals surface area contributed by atoms with Crippen LogP contribution in [0.2, 0.25) is 0 Å². The van der Waals surface area contributed by atoms with Gasteiger partial charge in [0.25, 0.3) is 5.91 Å². The Morgan fingerprint density at radius 3 is 2.60 bits per heavy atom. The number of aromatic nitrogens is 4. The van der Waals surface area contributed by atoms with Crippen LogP contribution in [0, 0.1) is 0 Å². The summed E-state index contributed by atoms with van der Waals surface area (Å²) in [5.41, 5.74) is 0.538. The number of aliphatic carboxylic acids is 1. The van der Waals surface area contributed by atoms with Crippen LogP contribution in [-0.2, 0) is 41.2 Å². The van der Waals surface area contributed by atoms with Crippen LogP contribution in [0.4, 0.5) is 4.79 Å². The van der Waals surface area contributed by atoms with Gasteiger partial charge in [-0.2, -0.15) is 5.21 Å². The van der Waals surface area contributed by atoms with Crippen molar-refractivity contribution < 1.29 is 43.0 Å². The fourth-order valence-corrected chi connectivity index (χ4v) is 9.00. The number of hydrogen-bond acceptors (Lipinski definition) is 12. The predicted octanol–water partition coefficient (Wildman–Crippen LogP) is 1.89. The van der Waals surface area contributed by atoms with Crippen LogP contribution in [0.25, 0.3) is 0 Å². The zero-order chi connectivity index (χ0) is 32.9. The second-order valence-corrected chi connectivity index (χ2v) is 15.1. The molecule has 0 aliphatic carbocycles.